The van der Waals surface area contributed by atoms with E-state index in [1.807, 2.05) is 11.4 Å². The highest BCUT2D eigenvalue weighted by Gasteiger charge is 2.07. The smallest absolute Gasteiger partial charge is 0.0942 e. The van der Waals surface area contributed by atoms with E-state index < -0.39 is 8.07 Å². The molecule has 0 saturated carbocycles. The lowest BCUT2D eigenvalue weighted by molar-refractivity contribution is 1.86. The summed E-state index contributed by atoms with van der Waals surface area (Å²) in [5.41, 5.74) is 4.03. The van der Waals surface area contributed by atoms with Gasteiger partial charge >= 0.3 is 0 Å². The molecule has 40 valence electrons. The number of hydrogen-bond donors (Lipinski definition) is 0. The molecule has 0 heterocycles. The molecule has 0 saturated heterocycles. The maximum Gasteiger partial charge on any atom is 0.0942 e. The minimum Gasteiger partial charge on any atom is -0.107 e. The molecule has 0 radical (unpaired) electrons. The molecule has 0 atom stereocenters. The predicted octanol–water partition coefficient (Wildman–Crippen LogP) is 2.15. The van der Waals surface area contributed by atoms with Crippen LogP contribution in [-0.2, 0) is 0 Å². The van der Waals surface area contributed by atoms with Gasteiger partial charge in [-0.25, -0.2) is 0 Å². The minimum atomic E-state index is -1.12. The zero-order valence-electron chi connectivity index (χ0n) is 5.07. The Morgan fingerprint density at radius 1 is 1.14 bits per heavy atom. The van der Waals surface area contributed by atoms with E-state index in [0.717, 1.165) is 0 Å². The topological polar surface area (TPSA) is 0 Å². The van der Waals surface area contributed by atoms with Gasteiger partial charge < -0.3 is 0 Å². The minimum absolute atomic E-state index is 1.12. The third-order valence-electron chi connectivity index (χ3n) is 1.05. The van der Waals surface area contributed by atoms with Crippen molar-refractivity contribution < 1.29 is 0 Å². The summed E-state index contributed by atoms with van der Waals surface area (Å²) in [7, 11) is -1.12. The zero-order chi connectivity index (χ0) is 5.91. The largest absolute Gasteiger partial charge is 0.107 e. The van der Waals surface area contributed by atoms with Crippen LogP contribution in [0.2, 0.25) is 13.1 Å². The molecule has 0 aromatic carbocycles. The van der Waals surface area contributed by atoms with Gasteiger partial charge in [-0.1, -0.05) is 24.5 Å². The van der Waals surface area contributed by atoms with E-state index in [4.69, 9.17) is 0 Å². The van der Waals surface area contributed by atoms with Crippen molar-refractivity contribution in [1.82, 2.24) is 0 Å². The molecule has 0 bridgehead atoms. The molecule has 0 aliphatic rings. The third kappa shape index (κ3) is 2.40. The first-order chi connectivity index (χ1) is 3.12. The molecular weight excluding hydrogens is 100 g/mol. The van der Waals surface area contributed by atoms with Crippen LogP contribution in [0.1, 0.15) is 0 Å². The highest BCUT2D eigenvalue weighted by atomic mass is 28.3. The van der Waals surface area contributed by atoms with Crippen LogP contribution < -0.4 is 0 Å². The second-order valence-corrected chi connectivity index (χ2v) is 6.69. The van der Waals surface area contributed by atoms with Crippen molar-refractivity contribution in [3.63, 3.8) is 0 Å². The van der Waals surface area contributed by atoms with Crippen LogP contribution in [0.25, 0.3) is 0 Å². The van der Waals surface area contributed by atoms with Crippen molar-refractivity contribution in [3.8, 4) is 0 Å². The fraction of sp³-hybridized carbons (Fsp3) is 0.333. The summed E-state index contributed by atoms with van der Waals surface area (Å²) in [6.45, 7) is 11.8. The Bertz CT molecular complexity index is 72.2. The van der Waals surface area contributed by atoms with Crippen molar-refractivity contribution >= 4 is 8.07 Å². The van der Waals surface area contributed by atoms with E-state index in [1.54, 1.807) is 0 Å². The molecule has 7 heavy (non-hydrogen) atoms. The summed E-state index contributed by atoms with van der Waals surface area (Å²) >= 11 is 0. The summed E-state index contributed by atoms with van der Waals surface area (Å²) in [5, 5.41) is 0. The Labute approximate surface area is 46.6 Å². The van der Waals surface area contributed by atoms with Gasteiger partial charge in [0, 0.05) is 0 Å². The highest BCUT2D eigenvalue weighted by molar-refractivity contribution is 6.86. The van der Waals surface area contributed by atoms with E-state index >= 15 is 0 Å². The summed E-state index contributed by atoms with van der Waals surface area (Å²) < 4.78 is 0. The summed E-state index contributed by atoms with van der Waals surface area (Å²) in [5.74, 6) is 0. The molecule has 0 amide bonds. The maximum atomic E-state index is 3.69. The molecule has 0 unspecified atom stereocenters. The average molecular weight is 112 g/mol. The molecule has 0 aliphatic heterocycles. The first kappa shape index (κ1) is 6.70. The standard InChI is InChI=1S/C6H12Si/c1-5-7(3,4)6-2/h5-6H,1-2H2,3-4H3. The molecule has 0 nitrogen and oxygen atoms in total. The fourth-order valence-electron chi connectivity index (χ4n) is 0.0833. The third-order valence-corrected chi connectivity index (χ3v) is 3.16. The predicted molar refractivity (Wildman–Crippen MR) is 37.9 cm³/mol. The van der Waals surface area contributed by atoms with Crippen LogP contribution >= 0.6 is 0 Å². The van der Waals surface area contributed by atoms with Crippen LogP contribution in [0.4, 0.5) is 0 Å². The van der Waals surface area contributed by atoms with Gasteiger partial charge in [0.2, 0.25) is 0 Å². The average Bonchev–Trinajstić information content (AvgIpc) is 1.68. The lowest BCUT2D eigenvalue weighted by Crippen LogP contribution is -2.17. The number of hydrogen-bond acceptors (Lipinski definition) is 0. The maximum absolute atomic E-state index is 3.69. The van der Waals surface area contributed by atoms with E-state index in [9.17, 15) is 0 Å². The van der Waals surface area contributed by atoms with Gasteiger partial charge in [-0.3, -0.25) is 0 Å². The Morgan fingerprint density at radius 3 is 1.43 bits per heavy atom. The quantitative estimate of drug-likeness (QED) is 0.480. The van der Waals surface area contributed by atoms with Crippen LogP contribution in [0, 0.1) is 0 Å². The Morgan fingerprint density at radius 2 is 1.43 bits per heavy atom. The van der Waals surface area contributed by atoms with Crippen LogP contribution in [0.15, 0.2) is 24.6 Å². The zero-order valence-corrected chi connectivity index (χ0v) is 6.07. The first-order valence-corrected chi connectivity index (χ1v) is 5.55. The van der Waals surface area contributed by atoms with Gasteiger partial charge in [-0.05, 0) is 0 Å². The van der Waals surface area contributed by atoms with Crippen LogP contribution in [0.3, 0.4) is 0 Å². The molecule has 1 heteroatoms. The summed E-state index contributed by atoms with van der Waals surface area (Å²) in [6, 6.07) is 0. The molecular formula is C6H12Si. The van der Waals surface area contributed by atoms with E-state index in [2.05, 4.69) is 26.3 Å². The van der Waals surface area contributed by atoms with Crippen LogP contribution in [-0.4, -0.2) is 8.07 Å². The van der Waals surface area contributed by atoms with E-state index in [1.165, 1.54) is 0 Å². The van der Waals surface area contributed by atoms with Gasteiger partial charge in [-0.2, -0.15) is 0 Å². The Balaban J connectivity index is 3.82. The molecule has 0 N–H and O–H groups in total. The highest BCUT2D eigenvalue weighted by Crippen LogP contribution is 2.01. The summed E-state index contributed by atoms with van der Waals surface area (Å²) in [6.07, 6.45) is 0. The molecule has 0 spiro atoms. The van der Waals surface area contributed by atoms with Gasteiger partial charge in [0.25, 0.3) is 0 Å². The molecule has 0 aromatic rings. The Hall–Kier alpha value is -0.303. The second-order valence-electron chi connectivity index (χ2n) is 2.23. The lowest BCUT2D eigenvalue weighted by atomic mass is 11.2. The summed E-state index contributed by atoms with van der Waals surface area (Å²) in [4.78, 5) is 0. The van der Waals surface area contributed by atoms with E-state index in [0.29, 0.717) is 0 Å². The van der Waals surface area contributed by atoms with Crippen LogP contribution in [0.5, 0.6) is 0 Å². The normalized spacial score (nSPS) is 10.6. The lowest BCUT2D eigenvalue weighted by Gasteiger charge is -2.07. The van der Waals surface area contributed by atoms with Crippen molar-refractivity contribution in [1.29, 1.82) is 0 Å². The van der Waals surface area contributed by atoms with Crippen molar-refractivity contribution in [3.05, 3.63) is 24.6 Å². The van der Waals surface area contributed by atoms with Gasteiger partial charge in [0.1, 0.15) is 0 Å². The van der Waals surface area contributed by atoms with Crippen molar-refractivity contribution in [2.24, 2.45) is 0 Å². The second kappa shape index (κ2) is 2.12. The van der Waals surface area contributed by atoms with E-state index in [-0.39, 0.29) is 0 Å². The van der Waals surface area contributed by atoms with Gasteiger partial charge in [0.15, 0.2) is 0 Å². The molecule has 0 aliphatic carbocycles. The fourth-order valence-corrected chi connectivity index (χ4v) is 0.250. The molecule has 0 rings (SSSR count). The molecule has 0 aromatic heterocycles. The number of rotatable bonds is 2. The first-order valence-electron chi connectivity index (χ1n) is 2.39. The van der Waals surface area contributed by atoms with Gasteiger partial charge in [0.05, 0.1) is 8.07 Å². The Kier molecular flexibility index (Phi) is 2.03. The SMILES string of the molecule is C=C[Si](C)(C)C=C. The van der Waals surface area contributed by atoms with Crippen molar-refractivity contribution in [2.75, 3.05) is 0 Å². The molecule has 0 fully saturated rings. The monoisotopic (exact) mass is 112 g/mol. The van der Waals surface area contributed by atoms with Gasteiger partial charge in [-0.15, -0.1) is 13.2 Å². The van der Waals surface area contributed by atoms with Crippen molar-refractivity contribution in [2.45, 2.75) is 13.1 Å².